The third kappa shape index (κ3) is 4.87. The maximum absolute atomic E-state index is 11.8. The Morgan fingerprint density at radius 3 is 2.72 bits per heavy atom. The topological polar surface area (TPSA) is 72.9 Å². The molecule has 1 rings (SSSR count). The fraction of sp³-hybridized carbons (Fsp3) is 0.692. The van der Waals surface area contributed by atoms with Gasteiger partial charge in [0.25, 0.3) is 0 Å². The Bertz CT molecular complexity index is 373. The molecule has 0 saturated carbocycles. The Kier molecular flexibility index (Phi) is 5.85. The van der Waals surface area contributed by atoms with Crippen molar-refractivity contribution in [2.75, 3.05) is 11.9 Å². The summed E-state index contributed by atoms with van der Waals surface area (Å²) in [5, 5.41) is 6.91. The normalized spacial score (nSPS) is 12.7. The van der Waals surface area contributed by atoms with Gasteiger partial charge in [-0.05, 0) is 31.2 Å². The van der Waals surface area contributed by atoms with Gasteiger partial charge in [-0.1, -0.05) is 13.8 Å². The van der Waals surface area contributed by atoms with Gasteiger partial charge in [0, 0.05) is 25.7 Å². The highest BCUT2D eigenvalue weighted by Gasteiger charge is 2.14. The standard InChI is InChI=1S/C13H24N4O/c1-10(2)11(6-8-14)4-5-13(18)15-12-7-9-17(3)16-12/h7,9-11H,4-6,8,14H2,1-3H3,(H,15,16,18). The first-order valence-corrected chi connectivity index (χ1v) is 6.52. The van der Waals surface area contributed by atoms with Crippen LogP contribution >= 0.6 is 0 Å². The van der Waals surface area contributed by atoms with Crippen molar-refractivity contribution >= 4 is 11.7 Å². The third-order valence-electron chi connectivity index (χ3n) is 3.20. The van der Waals surface area contributed by atoms with Crippen LogP contribution in [0.2, 0.25) is 0 Å². The van der Waals surface area contributed by atoms with Crippen molar-refractivity contribution in [1.29, 1.82) is 0 Å². The van der Waals surface area contributed by atoms with E-state index in [4.69, 9.17) is 5.73 Å². The predicted molar refractivity (Wildman–Crippen MR) is 73.1 cm³/mol. The van der Waals surface area contributed by atoms with Crippen LogP contribution in [0, 0.1) is 11.8 Å². The van der Waals surface area contributed by atoms with Crippen LogP contribution < -0.4 is 11.1 Å². The summed E-state index contributed by atoms with van der Waals surface area (Å²) >= 11 is 0. The number of aryl methyl sites for hydroxylation is 1. The lowest BCUT2D eigenvalue weighted by Crippen LogP contribution is -2.18. The Hall–Kier alpha value is -1.36. The van der Waals surface area contributed by atoms with E-state index in [1.807, 2.05) is 7.05 Å². The van der Waals surface area contributed by atoms with Crippen molar-refractivity contribution in [3.05, 3.63) is 12.3 Å². The summed E-state index contributed by atoms with van der Waals surface area (Å²) < 4.78 is 1.67. The number of amides is 1. The van der Waals surface area contributed by atoms with Crippen LogP contribution in [-0.2, 0) is 11.8 Å². The largest absolute Gasteiger partial charge is 0.330 e. The maximum atomic E-state index is 11.8. The average Bonchev–Trinajstić information content (AvgIpc) is 2.69. The van der Waals surface area contributed by atoms with Gasteiger partial charge in [0.2, 0.25) is 5.91 Å². The minimum atomic E-state index is 0.0244. The Balaban J connectivity index is 2.35. The molecule has 5 nitrogen and oxygen atoms in total. The number of anilines is 1. The molecular weight excluding hydrogens is 228 g/mol. The third-order valence-corrected chi connectivity index (χ3v) is 3.20. The molecule has 1 aromatic heterocycles. The second-order valence-electron chi connectivity index (χ2n) is 5.04. The van der Waals surface area contributed by atoms with Crippen LogP contribution in [0.15, 0.2) is 12.3 Å². The van der Waals surface area contributed by atoms with Crippen LogP contribution in [0.4, 0.5) is 5.82 Å². The summed E-state index contributed by atoms with van der Waals surface area (Å²) in [7, 11) is 1.83. The van der Waals surface area contributed by atoms with Crippen LogP contribution in [-0.4, -0.2) is 22.2 Å². The van der Waals surface area contributed by atoms with Crippen LogP contribution in [0.1, 0.15) is 33.1 Å². The molecule has 1 atom stereocenters. The smallest absolute Gasteiger partial charge is 0.225 e. The van der Waals surface area contributed by atoms with E-state index >= 15 is 0 Å². The lowest BCUT2D eigenvalue weighted by atomic mass is 9.88. The molecule has 0 spiro atoms. The number of nitrogens with one attached hydrogen (secondary N) is 1. The number of nitrogens with zero attached hydrogens (tertiary/aromatic N) is 2. The zero-order valence-corrected chi connectivity index (χ0v) is 11.5. The molecule has 0 radical (unpaired) electrons. The van der Waals surface area contributed by atoms with Crippen molar-refractivity contribution in [3.8, 4) is 0 Å². The lowest BCUT2D eigenvalue weighted by molar-refractivity contribution is -0.116. The maximum Gasteiger partial charge on any atom is 0.225 e. The van der Waals surface area contributed by atoms with Gasteiger partial charge in [0.05, 0.1) is 0 Å². The summed E-state index contributed by atoms with van der Waals surface area (Å²) in [6.07, 6.45) is 4.20. The highest BCUT2D eigenvalue weighted by atomic mass is 16.1. The summed E-state index contributed by atoms with van der Waals surface area (Å²) in [4.78, 5) is 11.8. The molecule has 0 bridgehead atoms. The molecular formula is C13H24N4O. The monoisotopic (exact) mass is 252 g/mol. The summed E-state index contributed by atoms with van der Waals surface area (Å²) in [6, 6.07) is 1.79. The van der Waals surface area contributed by atoms with Crippen molar-refractivity contribution in [1.82, 2.24) is 9.78 Å². The number of carbonyl (C=O) groups is 1. The minimum Gasteiger partial charge on any atom is -0.330 e. The second kappa shape index (κ2) is 7.16. The fourth-order valence-corrected chi connectivity index (χ4v) is 2.03. The Morgan fingerprint density at radius 2 is 2.22 bits per heavy atom. The van der Waals surface area contributed by atoms with E-state index in [2.05, 4.69) is 24.3 Å². The quantitative estimate of drug-likeness (QED) is 0.776. The van der Waals surface area contributed by atoms with E-state index in [0.29, 0.717) is 30.6 Å². The first-order chi connectivity index (χ1) is 8.52. The summed E-state index contributed by atoms with van der Waals surface area (Å²) in [5.41, 5.74) is 5.59. The molecule has 3 N–H and O–H groups in total. The zero-order valence-electron chi connectivity index (χ0n) is 11.5. The summed E-state index contributed by atoms with van der Waals surface area (Å²) in [6.45, 7) is 5.04. The van der Waals surface area contributed by atoms with E-state index in [1.54, 1.807) is 16.9 Å². The van der Waals surface area contributed by atoms with Gasteiger partial charge in [0.1, 0.15) is 0 Å². The molecule has 0 aliphatic heterocycles. The molecule has 5 heteroatoms. The second-order valence-corrected chi connectivity index (χ2v) is 5.04. The van der Waals surface area contributed by atoms with Gasteiger partial charge in [-0.2, -0.15) is 5.10 Å². The molecule has 1 heterocycles. The number of hydrogen-bond donors (Lipinski definition) is 2. The van der Waals surface area contributed by atoms with Gasteiger partial charge in [0.15, 0.2) is 5.82 Å². The minimum absolute atomic E-state index is 0.0244. The first-order valence-electron chi connectivity index (χ1n) is 6.52. The number of hydrogen-bond acceptors (Lipinski definition) is 3. The number of rotatable bonds is 7. The molecule has 1 unspecified atom stereocenters. The van der Waals surface area contributed by atoms with E-state index in [1.165, 1.54) is 0 Å². The van der Waals surface area contributed by atoms with E-state index < -0.39 is 0 Å². The van der Waals surface area contributed by atoms with Crippen LogP contribution in [0.25, 0.3) is 0 Å². The van der Waals surface area contributed by atoms with Gasteiger partial charge in [-0.3, -0.25) is 9.48 Å². The van der Waals surface area contributed by atoms with Crippen molar-refractivity contribution < 1.29 is 4.79 Å². The molecule has 1 aromatic rings. The average molecular weight is 252 g/mol. The molecule has 102 valence electrons. The van der Waals surface area contributed by atoms with Crippen LogP contribution in [0.3, 0.4) is 0 Å². The Labute approximate surface area is 109 Å². The van der Waals surface area contributed by atoms with Crippen LogP contribution in [0.5, 0.6) is 0 Å². The van der Waals surface area contributed by atoms with E-state index in [0.717, 1.165) is 12.8 Å². The molecule has 0 aromatic carbocycles. The number of carbonyl (C=O) groups excluding carboxylic acids is 1. The SMILES string of the molecule is CC(C)C(CCN)CCC(=O)Nc1ccn(C)n1. The van der Waals surface area contributed by atoms with Gasteiger partial charge in [-0.25, -0.2) is 0 Å². The molecule has 0 fully saturated rings. The summed E-state index contributed by atoms with van der Waals surface area (Å²) in [5.74, 6) is 1.72. The lowest BCUT2D eigenvalue weighted by Gasteiger charge is -2.19. The molecule has 0 saturated heterocycles. The van der Waals surface area contributed by atoms with Gasteiger partial charge >= 0.3 is 0 Å². The van der Waals surface area contributed by atoms with Crippen molar-refractivity contribution in [2.45, 2.75) is 33.1 Å². The van der Waals surface area contributed by atoms with Crippen molar-refractivity contribution in [3.63, 3.8) is 0 Å². The predicted octanol–water partition coefficient (Wildman–Crippen LogP) is 1.76. The molecule has 18 heavy (non-hydrogen) atoms. The van der Waals surface area contributed by atoms with E-state index in [-0.39, 0.29) is 5.91 Å². The van der Waals surface area contributed by atoms with Gasteiger partial charge in [-0.15, -0.1) is 0 Å². The number of nitrogens with two attached hydrogens (primary N) is 1. The van der Waals surface area contributed by atoms with Gasteiger partial charge < -0.3 is 11.1 Å². The molecule has 1 amide bonds. The number of aromatic nitrogens is 2. The zero-order chi connectivity index (χ0) is 13.5. The molecule has 0 aliphatic carbocycles. The first kappa shape index (κ1) is 14.7. The highest BCUT2D eigenvalue weighted by molar-refractivity contribution is 5.89. The van der Waals surface area contributed by atoms with Crippen molar-refractivity contribution in [2.24, 2.45) is 24.6 Å². The Morgan fingerprint density at radius 1 is 1.50 bits per heavy atom. The fourth-order valence-electron chi connectivity index (χ4n) is 2.03. The molecule has 0 aliphatic rings. The highest BCUT2D eigenvalue weighted by Crippen LogP contribution is 2.20. The van der Waals surface area contributed by atoms with E-state index in [9.17, 15) is 4.79 Å².